The summed E-state index contributed by atoms with van der Waals surface area (Å²) >= 11 is 0. The number of benzene rings is 1. The summed E-state index contributed by atoms with van der Waals surface area (Å²) in [5.74, 6) is -0.412. The van der Waals surface area contributed by atoms with Crippen LogP contribution in [0.25, 0.3) is 10.9 Å². The second-order valence-corrected chi connectivity index (χ2v) is 4.80. The molecule has 0 radical (unpaired) electrons. The lowest BCUT2D eigenvalue weighted by molar-refractivity contribution is -0.140. The molecule has 0 aliphatic heterocycles. The maximum atomic E-state index is 12.3. The number of para-hydroxylation sites is 1. The van der Waals surface area contributed by atoms with Gasteiger partial charge in [0.1, 0.15) is 5.69 Å². The normalized spacial score (nSPS) is 10.4. The molecule has 0 saturated heterocycles. The van der Waals surface area contributed by atoms with E-state index >= 15 is 0 Å². The number of nitrogens with zero attached hydrogens (tertiary/aromatic N) is 2. The second-order valence-electron chi connectivity index (χ2n) is 4.80. The van der Waals surface area contributed by atoms with Gasteiger partial charge in [0.25, 0.3) is 5.91 Å². The van der Waals surface area contributed by atoms with Crippen molar-refractivity contribution in [2.24, 2.45) is 0 Å². The lowest BCUT2D eigenvalue weighted by Crippen LogP contribution is -2.28. The number of aromatic nitrogens is 1. The molecule has 0 unspecified atom stereocenters. The molecule has 5 nitrogen and oxygen atoms in total. The largest absolute Gasteiger partial charge is 0.469 e. The van der Waals surface area contributed by atoms with E-state index in [2.05, 4.69) is 9.72 Å². The fraction of sp³-hybridized carbons (Fsp3) is 0.312. The van der Waals surface area contributed by atoms with Crippen LogP contribution in [0.1, 0.15) is 23.3 Å². The standard InChI is InChI=1S/C16H18N2O3/c1-18(11-5-8-15(19)21-2)16(20)14-10-9-12-6-3-4-7-13(12)17-14/h3-4,6-7,9-10H,5,8,11H2,1-2H3. The maximum absolute atomic E-state index is 12.3. The number of hydrogen-bond acceptors (Lipinski definition) is 4. The summed E-state index contributed by atoms with van der Waals surface area (Å²) in [4.78, 5) is 29.3. The molecule has 2 aromatic rings. The Kier molecular flexibility index (Phi) is 4.87. The number of methoxy groups -OCH3 is 1. The van der Waals surface area contributed by atoms with Crippen LogP contribution in [0.3, 0.4) is 0 Å². The van der Waals surface area contributed by atoms with Crippen molar-refractivity contribution < 1.29 is 14.3 Å². The third-order valence-electron chi connectivity index (χ3n) is 3.27. The lowest BCUT2D eigenvalue weighted by Gasteiger charge is -2.16. The monoisotopic (exact) mass is 286 g/mol. The Morgan fingerprint density at radius 2 is 1.95 bits per heavy atom. The molecule has 0 fully saturated rings. The molecule has 0 bridgehead atoms. The number of fused-ring (bicyclic) bond motifs is 1. The molecular formula is C16H18N2O3. The van der Waals surface area contributed by atoms with Crippen molar-refractivity contribution in [2.75, 3.05) is 20.7 Å². The predicted octanol–water partition coefficient (Wildman–Crippen LogP) is 2.26. The zero-order valence-electron chi connectivity index (χ0n) is 12.2. The Labute approximate surface area is 123 Å². The molecule has 0 atom stereocenters. The number of amides is 1. The molecule has 110 valence electrons. The van der Waals surface area contributed by atoms with E-state index in [0.717, 1.165) is 10.9 Å². The van der Waals surface area contributed by atoms with Gasteiger partial charge in [-0.25, -0.2) is 4.98 Å². The Morgan fingerprint density at radius 3 is 2.71 bits per heavy atom. The van der Waals surface area contributed by atoms with Crippen molar-refractivity contribution in [2.45, 2.75) is 12.8 Å². The lowest BCUT2D eigenvalue weighted by atomic mass is 10.2. The van der Waals surface area contributed by atoms with Gasteiger partial charge in [-0.15, -0.1) is 0 Å². The van der Waals surface area contributed by atoms with E-state index < -0.39 is 0 Å². The first-order valence-corrected chi connectivity index (χ1v) is 6.80. The highest BCUT2D eigenvalue weighted by atomic mass is 16.5. The summed E-state index contributed by atoms with van der Waals surface area (Å²) in [7, 11) is 3.06. The van der Waals surface area contributed by atoms with Gasteiger partial charge in [-0.3, -0.25) is 9.59 Å². The summed E-state index contributed by atoms with van der Waals surface area (Å²) in [5.41, 5.74) is 1.21. The average Bonchev–Trinajstić information content (AvgIpc) is 2.53. The van der Waals surface area contributed by atoms with Gasteiger partial charge in [-0.1, -0.05) is 24.3 Å². The van der Waals surface area contributed by atoms with Crippen LogP contribution < -0.4 is 0 Å². The van der Waals surface area contributed by atoms with Gasteiger partial charge in [-0.05, 0) is 18.6 Å². The van der Waals surface area contributed by atoms with Crippen LogP contribution in [0.15, 0.2) is 36.4 Å². The van der Waals surface area contributed by atoms with E-state index in [0.29, 0.717) is 25.1 Å². The van der Waals surface area contributed by atoms with Gasteiger partial charge in [0, 0.05) is 25.4 Å². The first-order chi connectivity index (χ1) is 10.1. The quantitative estimate of drug-likeness (QED) is 0.791. The van der Waals surface area contributed by atoms with Gasteiger partial charge in [0.05, 0.1) is 12.6 Å². The molecule has 0 spiro atoms. The Bertz CT molecular complexity index is 655. The topological polar surface area (TPSA) is 59.5 Å². The zero-order valence-corrected chi connectivity index (χ0v) is 12.2. The van der Waals surface area contributed by atoms with Crippen molar-refractivity contribution in [3.05, 3.63) is 42.1 Å². The number of carbonyl (C=O) groups excluding carboxylic acids is 2. The summed E-state index contributed by atoms with van der Waals surface area (Å²) in [6.07, 6.45) is 0.877. The molecule has 0 aliphatic carbocycles. The second kappa shape index (κ2) is 6.83. The molecule has 0 saturated carbocycles. The molecule has 5 heteroatoms. The van der Waals surface area contributed by atoms with Crippen LogP contribution in [0.2, 0.25) is 0 Å². The van der Waals surface area contributed by atoms with Crippen molar-refractivity contribution in [1.82, 2.24) is 9.88 Å². The maximum Gasteiger partial charge on any atom is 0.305 e. The Hall–Kier alpha value is -2.43. The van der Waals surface area contributed by atoms with Crippen LogP contribution in [0, 0.1) is 0 Å². The van der Waals surface area contributed by atoms with Gasteiger partial charge in [0.2, 0.25) is 0 Å². The molecule has 1 amide bonds. The average molecular weight is 286 g/mol. The highest BCUT2D eigenvalue weighted by molar-refractivity contribution is 5.94. The van der Waals surface area contributed by atoms with Crippen LogP contribution in [0.4, 0.5) is 0 Å². The minimum absolute atomic E-state index is 0.148. The number of pyridine rings is 1. The predicted molar refractivity (Wildman–Crippen MR) is 80.0 cm³/mol. The van der Waals surface area contributed by atoms with E-state index in [9.17, 15) is 9.59 Å². The summed E-state index contributed by atoms with van der Waals surface area (Å²) < 4.78 is 4.57. The fourth-order valence-corrected chi connectivity index (χ4v) is 2.04. The highest BCUT2D eigenvalue weighted by Gasteiger charge is 2.13. The number of rotatable bonds is 5. The Morgan fingerprint density at radius 1 is 1.19 bits per heavy atom. The van der Waals surface area contributed by atoms with Crippen molar-refractivity contribution in [1.29, 1.82) is 0 Å². The van der Waals surface area contributed by atoms with E-state index in [1.807, 2.05) is 30.3 Å². The van der Waals surface area contributed by atoms with E-state index in [1.165, 1.54) is 7.11 Å². The van der Waals surface area contributed by atoms with Gasteiger partial charge < -0.3 is 9.64 Å². The van der Waals surface area contributed by atoms with Crippen molar-refractivity contribution in [3.8, 4) is 0 Å². The molecule has 1 heterocycles. The minimum Gasteiger partial charge on any atom is -0.469 e. The van der Waals surface area contributed by atoms with E-state index in [1.54, 1.807) is 18.0 Å². The smallest absolute Gasteiger partial charge is 0.305 e. The van der Waals surface area contributed by atoms with Crippen LogP contribution in [-0.2, 0) is 9.53 Å². The summed E-state index contributed by atoms with van der Waals surface area (Å²) in [6.45, 7) is 0.489. The SMILES string of the molecule is COC(=O)CCCN(C)C(=O)c1ccc2ccccc2n1. The first-order valence-electron chi connectivity index (χ1n) is 6.80. The van der Waals surface area contributed by atoms with Crippen molar-refractivity contribution >= 4 is 22.8 Å². The molecule has 0 aliphatic rings. The fourth-order valence-electron chi connectivity index (χ4n) is 2.04. The number of hydrogen-bond donors (Lipinski definition) is 0. The number of ether oxygens (including phenoxy) is 1. The van der Waals surface area contributed by atoms with Crippen LogP contribution in [0.5, 0.6) is 0 Å². The van der Waals surface area contributed by atoms with Gasteiger partial charge >= 0.3 is 5.97 Å². The number of esters is 1. The van der Waals surface area contributed by atoms with Crippen LogP contribution >= 0.6 is 0 Å². The molecular weight excluding hydrogens is 268 g/mol. The molecule has 2 rings (SSSR count). The van der Waals surface area contributed by atoms with Crippen LogP contribution in [-0.4, -0.2) is 42.5 Å². The zero-order chi connectivity index (χ0) is 15.2. The Balaban J connectivity index is 2.01. The highest BCUT2D eigenvalue weighted by Crippen LogP contribution is 2.13. The van der Waals surface area contributed by atoms with Gasteiger partial charge in [0.15, 0.2) is 0 Å². The third-order valence-corrected chi connectivity index (χ3v) is 3.27. The molecule has 0 N–H and O–H groups in total. The minimum atomic E-state index is -0.264. The third kappa shape index (κ3) is 3.78. The summed E-state index contributed by atoms with van der Waals surface area (Å²) in [6, 6.07) is 11.3. The van der Waals surface area contributed by atoms with Gasteiger partial charge in [-0.2, -0.15) is 0 Å². The summed E-state index contributed by atoms with van der Waals surface area (Å²) in [5, 5.41) is 1.00. The van der Waals surface area contributed by atoms with E-state index in [4.69, 9.17) is 0 Å². The molecule has 1 aromatic heterocycles. The first kappa shape index (κ1) is 15.0. The van der Waals surface area contributed by atoms with E-state index in [-0.39, 0.29) is 11.9 Å². The number of carbonyl (C=O) groups is 2. The molecule has 21 heavy (non-hydrogen) atoms. The van der Waals surface area contributed by atoms with Crippen molar-refractivity contribution in [3.63, 3.8) is 0 Å². The molecule has 1 aromatic carbocycles.